The third-order valence-corrected chi connectivity index (χ3v) is 2.57. The summed E-state index contributed by atoms with van der Waals surface area (Å²) in [4.78, 5) is 4.06. The van der Waals surface area contributed by atoms with Gasteiger partial charge in [-0.3, -0.25) is 0 Å². The van der Waals surface area contributed by atoms with E-state index in [1.54, 1.807) is 23.3 Å². The molecule has 0 spiro atoms. The van der Waals surface area contributed by atoms with Gasteiger partial charge >= 0.3 is 0 Å². The summed E-state index contributed by atoms with van der Waals surface area (Å²) in [6.45, 7) is 0. The van der Waals surface area contributed by atoms with Crippen LogP contribution >= 0.6 is 12.2 Å². The smallest absolute Gasteiger partial charge is 0.210 e. The molecule has 78 valence electrons. The fraction of sp³-hybridized carbons (Fsp3) is 0.250. The maximum absolute atomic E-state index is 11.1. The zero-order valence-electron chi connectivity index (χ0n) is 8.28. The van der Waals surface area contributed by atoms with Crippen molar-refractivity contribution in [3.63, 3.8) is 0 Å². The van der Waals surface area contributed by atoms with Crippen molar-refractivity contribution < 1.29 is 4.73 Å². The van der Waals surface area contributed by atoms with Crippen molar-refractivity contribution in [2.75, 3.05) is 0 Å². The Morgan fingerprint density at radius 2 is 2.20 bits per heavy atom. The second kappa shape index (κ2) is 3.43. The molecule has 0 bridgehead atoms. The topological polar surface area (TPSA) is 62.6 Å². The molecule has 0 N–H and O–H groups in total. The second-order valence-corrected chi connectivity index (χ2v) is 3.46. The number of aryl methyl sites for hydroxylation is 1. The lowest BCUT2D eigenvalue weighted by Crippen LogP contribution is -2.25. The van der Waals surface area contributed by atoms with Crippen LogP contribution in [0.25, 0.3) is 11.5 Å². The predicted molar refractivity (Wildman–Crippen MR) is 55.2 cm³/mol. The molecule has 7 heteroatoms. The van der Waals surface area contributed by atoms with Crippen molar-refractivity contribution in [2.45, 2.75) is 0 Å². The van der Waals surface area contributed by atoms with Gasteiger partial charge < -0.3 is 9.77 Å². The summed E-state index contributed by atoms with van der Waals surface area (Å²) in [6.07, 6.45) is 4.11. The van der Waals surface area contributed by atoms with Crippen molar-refractivity contribution in [2.24, 2.45) is 14.1 Å². The molecule has 0 aliphatic heterocycles. The van der Waals surface area contributed by atoms with E-state index in [4.69, 9.17) is 12.2 Å². The second-order valence-electron chi connectivity index (χ2n) is 3.09. The molecule has 0 aromatic carbocycles. The average molecular weight is 223 g/mol. The zero-order valence-corrected chi connectivity index (χ0v) is 9.10. The molecule has 6 nitrogen and oxygen atoms in total. The van der Waals surface area contributed by atoms with Crippen molar-refractivity contribution >= 4 is 12.2 Å². The van der Waals surface area contributed by atoms with Gasteiger partial charge in [0.1, 0.15) is 0 Å². The van der Waals surface area contributed by atoms with Gasteiger partial charge in [-0.15, -0.1) is 5.10 Å². The molecular formula is C8H9N5OS. The minimum Gasteiger partial charge on any atom is -0.619 e. The highest BCUT2D eigenvalue weighted by Gasteiger charge is 2.11. The standard InChI is InChI=1S/C8H9N5OS/c1-11-7(10-12(2)8(11)15)6-5-13(14)4-3-9-6/h3-5H,1-2H3. The molecule has 0 aliphatic rings. The van der Waals surface area contributed by atoms with E-state index in [-0.39, 0.29) is 0 Å². The van der Waals surface area contributed by atoms with E-state index < -0.39 is 0 Å². The largest absolute Gasteiger partial charge is 0.619 e. The van der Waals surface area contributed by atoms with E-state index >= 15 is 0 Å². The zero-order chi connectivity index (χ0) is 11.0. The van der Waals surface area contributed by atoms with Gasteiger partial charge in [0.15, 0.2) is 22.5 Å². The number of aromatic nitrogens is 5. The summed E-state index contributed by atoms with van der Waals surface area (Å²) in [5, 5.41) is 15.3. The molecule has 0 aliphatic carbocycles. The van der Waals surface area contributed by atoms with Crippen LogP contribution in [0.5, 0.6) is 0 Å². The maximum Gasteiger partial charge on any atom is 0.210 e. The van der Waals surface area contributed by atoms with Crippen LogP contribution in [0.4, 0.5) is 0 Å². The normalized spacial score (nSPS) is 10.5. The summed E-state index contributed by atoms with van der Waals surface area (Å²) in [7, 11) is 3.54. The van der Waals surface area contributed by atoms with Gasteiger partial charge in [-0.25, -0.2) is 9.67 Å². The quantitative estimate of drug-likeness (QED) is 0.393. The Labute approximate surface area is 91.0 Å². The minimum absolute atomic E-state index is 0.502. The molecule has 2 aromatic rings. The van der Waals surface area contributed by atoms with E-state index in [9.17, 15) is 5.21 Å². The molecule has 0 amide bonds. The highest BCUT2D eigenvalue weighted by atomic mass is 32.1. The Kier molecular flexibility index (Phi) is 2.24. The van der Waals surface area contributed by atoms with Gasteiger partial charge in [0, 0.05) is 14.1 Å². The molecule has 2 rings (SSSR count). The minimum atomic E-state index is 0.502. The van der Waals surface area contributed by atoms with Crippen LogP contribution < -0.4 is 4.73 Å². The maximum atomic E-state index is 11.1. The van der Waals surface area contributed by atoms with Crippen LogP contribution in [0.1, 0.15) is 0 Å². The molecule has 0 radical (unpaired) electrons. The molecular weight excluding hydrogens is 214 g/mol. The summed E-state index contributed by atoms with van der Waals surface area (Å²) >= 11 is 5.10. The predicted octanol–water partition coefficient (Wildman–Crippen LogP) is 0.183. The third kappa shape index (κ3) is 1.61. The molecule has 0 unspecified atom stereocenters. The first-order chi connectivity index (χ1) is 7.09. The van der Waals surface area contributed by atoms with Crippen LogP contribution in [0.3, 0.4) is 0 Å². The lowest BCUT2D eigenvalue weighted by molar-refractivity contribution is -0.605. The first-order valence-electron chi connectivity index (χ1n) is 4.25. The van der Waals surface area contributed by atoms with E-state index in [2.05, 4.69) is 10.1 Å². The number of rotatable bonds is 1. The molecule has 2 heterocycles. The van der Waals surface area contributed by atoms with E-state index in [1.807, 2.05) is 0 Å². The Balaban J connectivity index is 2.64. The fourth-order valence-electron chi connectivity index (χ4n) is 1.27. The summed E-state index contributed by atoms with van der Waals surface area (Å²) in [5.74, 6) is 0.577. The van der Waals surface area contributed by atoms with Crippen molar-refractivity contribution in [3.05, 3.63) is 28.6 Å². The third-order valence-electron chi connectivity index (χ3n) is 2.03. The molecule has 0 atom stereocenters. The van der Waals surface area contributed by atoms with Gasteiger partial charge in [0.25, 0.3) is 0 Å². The van der Waals surface area contributed by atoms with Gasteiger partial charge in [-0.1, -0.05) is 0 Å². The Hall–Kier alpha value is -1.76. The average Bonchev–Trinajstić information content (AvgIpc) is 2.46. The van der Waals surface area contributed by atoms with E-state index in [0.717, 1.165) is 0 Å². The van der Waals surface area contributed by atoms with Crippen molar-refractivity contribution in [1.82, 2.24) is 19.3 Å². The van der Waals surface area contributed by atoms with Gasteiger partial charge in [-0.05, 0) is 12.2 Å². The number of nitrogens with zero attached hydrogens (tertiary/aromatic N) is 5. The number of hydrogen-bond acceptors (Lipinski definition) is 4. The lowest BCUT2D eigenvalue weighted by atomic mass is 10.4. The molecule has 0 saturated heterocycles. The monoisotopic (exact) mass is 223 g/mol. The molecule has 15 heavy (non-hydrogen) atoms. The SMILES string of the molecule is Cn1nc(-c2c[n+]([O-])ccn2)n(C)c1=S. The van der Waals surface area contributed by atoms with Crippen LogP contribution in [-0.4, -0.2) is 19.3 Å². The molecule has 2 aromatic heterocycles. The fourth-order valence-corrected chi connectivity index (χ4v) is 1.40. The Morgan fingerprint density at radius 1 is 1.47 bits per heavy atom. The summed E-state index contributed by atoms with van der Waals surface area (Å²) in [6, 6.07) is 0. The van der Waals surface area contributed by atoms with Crippen molar-refractivity contribution in [1.29, 1.82) is 0 Å². The van der Waals surface area contributed by atoms with E-state index in [0.29, 0.717) is 21.0 Å². The van der Waals surface area contributed by atoms with Crippen molar-refractivity contribution in [3.8, 4) is 11.5 Å². The molecule has 0 fully saturated rings. The lowest BCUT2D eigenvalue weighted by Gasteiger charge is -1.98. The van der Waals surface area contributed by atoms with Gasteiger partial charge in [0.2, 0.25) is 6.20 Å². The van der Waals surface area contributed by atoms with Crippen LogP contribution in [0, 0.1) is 9.98 Å². The first kappa shape index (κ1) is 9.78. The molecule has 0 saturated carbocycles. The Morgan fingerprint density at radius 3 is 2.73 bits per heavy atom. The van der Waals surface area contributed by atoms with Gasteiger partial charge in [0.05, 0.1) is 6.20 Å². The number of hydrogen-bond donors (Lipinski definition) is 0. The van der Waals surface area contributed by atoms with Crippen LogP contribution in [0.15, 0.2) is 18.6 Å². The van der Waals surface area contributed by atoms with Crippen LogP contribution in [0.2, 0.25) is 0 Å². The van der Waals surface area contributed by atoms with Gasteiger partial charge in [-0.2, -0.15) is 4.73 Å². The summed E-state index contributed by atoms with van der Waals surface area (Å²) < 4.78 is 4.53. The summed E-state index contributed by atoms with van der Waals surface area (Å²) in [5.41, 5.74) is 0.502. The highest BCUT2D eigenvalue weighted by Crippen LogP contribution is 2.11. The highest BCUT2D eigenvalue weighted by molar-refractivity contribution is 7.71. The first-order valence-corrected chi connectivity index (χ1v) is 4.65. The Bertz CT molecular complexity index is 558. The van der Waals surface area contributed by atoms with Crippen LogP contribution in [-0.2, 0) is 14.1 Å². The van der Waals surface area contributed by atoms with E-state index in [1.165, 1.54) is 18.6 Å².